The summed E-state index contributed by atoms with van der Waals surface area (Å²) in [6.45, 7) is 2.93. The summed E-state index contributed by atoms with van der Waals surface area (Å²) < 4.78 is 17.7. The fraction of sp³-hybridized carbons (Fsp3) is 0.333. The summed E-state index contributed by atoms with van der Waals surface area (Å²) in [6.07, 6.45) is 0.907. The van der Waals surface area contributed by atoms with Gasteiger partial charge in [-0.1, -0.05) is 12.1 Å². The minimum Gasteiger partial charge on any atom is -0.497 e. The van der Waals surface area contributed by atoms with Crippen LogP contribution in [-0.4, -0.2) is 20.3 Å². The second-order valence-corrected chi connectivity index (χ2v) is 6.26. The van der Waals surface area contributed by atoms with Crippen LogP contribution in [0.2, 0.25) is 0 Å². The lowest BCUT2D eigenvalue weighted by Crippen LogP contribution is -2.13. The third-order valence-electron chi connectivity index (χ3n) is 3.65. The molecule has 0 aliphatic carbocycles. The number of fused-ring (bicyclic) bond motifs is 1. The molecule has 0 saturated carbocycles. The minimum absolute atomic E-state index is 0.693. The Hall–Kier alpha value is -1.72. The topological polar surface area (TPSA) is 39.7 Å². The van der Waals surface area contributed by atoms with Gasteiger partial charge in [0.1, 0.15) is 5.75 Å². The number of hydrogen-bond donors (Lipinski definition) is 1. The second-order valence-electron chi connectivity index (χ2n) is 5.41. The van der Waals surface area contributed by atoms with E-state index in [2.05, 4.69) is 33.4 Å². The van der Waals surface area contributed by atoms with Crippen molar-refractivity contribution < 1.29 is 14.2 Å². The lowest BCUT2D eigenvalue weighted by molar-refractivity contribution is 0.296. The monoisotopic (exact) mass is 377 g/mol. The Kier molecular flexibility index (Phi) is 5.41. The van der Waals surface area contributed by atoms with Crippen LogP contribution >= 0.6 is 15.9 Å². The number of ether oxygens (including phenoxy) is 3. The zero-order valence-electron chi connectivity index (χ0n) is 13.1. The molecule has 122 valence electrons. The molecule has 2 aromatic rings. The summed E-state index contributed by atoms with van der Waals surface area (Å²) >= 11 is 3.57. The van der Waals surface area contributed by atoms with Gasteiger partial charge in [0.15, 0.2) is 11.5 Å². The van der Waals surface area contributed by atoms with Gasteiger partial charge in [-0.25, -0.2) is 0 Å². The van der Waals surface area contributed by atoms with E-state index in [4.69, 9.17) is 14.2 Å². The first-order chi connectivity index (χ1) is 11.3. The van der Waals surface area contributed by atoms with Gasteiger partial charge >= 0.3 is 0 Å². The highest BCUT2D eigenvalue weighted by atomic mass is 79.9. The Morgan fingerprint density at radius 1 is 1.09 bits per heavy atom. The molecule has 23 heavy (non-hydrogen) atoms. The van der Waals surface area contributed by atoms with Crippen LogP contribution in [-0.2, 0) is 13.1 Å². The summed E-state index contributed by atoms with van der Waals surface area (Å²) in [6, 6.07) is 12.2. The number of methoxy groups -OCH3 is 1. The maximum absolute atomic E-state index is 5.77. The van der Waals surface area contributed by atoms with Crippen LogP contribution in [0.3, 0.4) is 0 Å². The summed E-state index contributed by atoms with van der Waals surface area (Å²) in [5.74, 6) is 2.50. The van der Waals surface area contributed by atoms with Crippen molar-refractivity contribution in [2.24, 2.45) is 0 Å². The average molecular weight is 378 g/mol. The van der Waals surface area contributed by atoms with E-state index < -0.39 is 0 Å². The molecule has 5 heteroatoms. The van der Waals surface area contributed by atoms with E-state index >= 15 is 0 Å². The molecule has 0 unspecified atom stereocenters. The Bertz CT molecular complexity index is 675. The van der Waals surface area contributed by atoms with Crippen molar-refractivity contribution in [1.82, 2.24) is 5.32 Å². The highest BCUT2D eigenvalue weighted by Gasteiger charge is 2.15. The molecule has 0 saturated heterocycles. The van der Waals surface area contributed by atoms with E-state index in [1.54, 1.807) is 7.11 Å². The van der Waals surface area contributed by atoms with Crippen LogP contribution in [0, 0.1) is 0 Å². The van der Waals surface area contributed by atoms with Crippen LogP contribution in [0.1, 0.15) is 17.5 Å². The van der Waals surface area contributed by atoms with Crippen LogP contribution in [0.5, 0.6) is 17.2 Å². The largest absolute Gasteiger partial charge is 0.497 e. The SMILES string of the molecule is COc1cccc(CNCc2cc(Br)c3c(c2)OCCCO3)c1. The van der Waals surface area contributed by atoms with E-state index in [1.165, 1.54) is 5.56 Å². The quantitative estimate of drug-likeness (QED) is 0.857. The third kappa shape index (κ3) is 4.18. The summed E-state index contributed by atoms with van der Waals surface area (Å²) in [5, 5.41) is 3.45. The van der Waals surface area contributed by atoms with Crippen LogP contribution in [0.25, 0.3) is 0 Å². The molecule has 3 rings (SSSR count). The van der Waals surface area contributed by atoms with Gasteiger partial charge in [0.2, 0.25) is 0 Å². The summed E-state index contributed by atoms with van der Waals surface area (Å²) in [7, 11) is 1.68. The average Bonchev–Trinajstić information content (AvgIpc) is 2.81. The highest BCUT2D eigenvalue weighted by molar-refractivity contribution is 9.10. The second kappa shape index (κ2) is 7.70. The van der Waals surface area contributed by atoms with Crippen molar-refractivity contribution in [2.75, 3.05) is 20.3 Å². The van der Waals surface area contributed by atoms with Crippen LogP contribution in [0.4, 0.5) is 0 Å². The standard InChI is InChI=1S/C18H20BrNO3/c1-21-15-5-2-4-13(8-15)11-20-12-14-9-16(19)18-17(10-14)22-6-3-7-23-18/h2,4-5,8-10,20H,3,6-7,11-12H2,1H3. The molecule has 0 aromatic heterocycles. The Balaban J connectivity index is 1.64. The van der Waals surface area contributed by atoms with Gasteiger partial charge < -0.3 is 19.5 Å². The highest BCUT2D eigenvalue weighted by Crippen LogP contribution is 2.38. The third-order valence-corrected chi connectivity index (χ3v) is 4.24. The molecule has 0 spiro atoms. The van der Waals surface area contributed by atoms with Gasteiger partial charge in [-0.2, -0.15) is 0 Å². The smallest absolute Gasteiger partial charge is 0.175 e. The lowest BCUT2D eigenvalue weighted by Gasteiger charge is -2.12. The molecule has 1 heterocycles. The van der Waals surface area contributed by atoms with Gasteiger partial charge in [-0.15, -0.1) is 0 Å². The van der Waals surface area contributed by atoms with Crippen LogP contribution in [0.15, 0.2) is 40.9 Å². The van der Waals surface area contributed by atoms with Crippen molar-refractivity contribution in [3.63, 3.8) is 0 Å². The minimum atomic E-state index is 0.693. The van der Waals surface area contributed by atoms with Crippen molar-refractivity contribution in [2.45, 2.75) is 19.5 Å². The molecular weight excluding hydrogens is 358 g/mol. The molecule has 1 N–H and O–H groups in total. The number of nitrogens with one attached hydrogen (secondary N) is 1. The molecule has 0 atom stereocenters. The number of halogens is 1. The van der Waals surface area contributed by atoms with Crippen molar-refractivity contribution in [3.8, 4) is 17.2 Å². The van der Waals surface area contributed by atoms with Crippen LogP contribution < -0.4 is 19.5 Å². The molecule has 0 radical (unpaired) electrons. The van der Waals surface area contributed by atoms with Gasteiger partial charge in [0, 0.05) is 19.5 Å². The summed E-state index contributed by atoms with van der Waals surface area (Å²) in [5.41, 5.74) is 2.35. The molecule has 1 aliphatic rings. The zero-order chi connectivity index (χ0) is 16.1. The molecule has 0 amide bonds. The first-order valence-corrected chi connectivity index (χ1v) is 8.47. The molecule has 0 fully saturated rings. The van der Waals surface area contributed by atoms with Crippen molar-refractivity contribution >= 4 is 15.9 Å². The molecule has 1 aliphatic heterocycles. The van der Waals surface area contributed by atoms with Gasteiger partial charge in [-0.3, -0.25) is 0 Å². The van der Waals surface area contributed by atoms with Gasteiger partial charge in [-0.05, 0) is 51.3 Å². The van der Waals surface area contributed by atoms with Gasteiger partial charge in [0.05, 0.1) is 24.8 Å². The van der Waals surface area contributed by atoms with E-state index in [0.717, 1.165) is 46.8 Å². The lowest BCUT2D eigenvalue weighted by atomic mass is 10.1. The normalized spacial score (nSPS) is 13.5. The molecule has 0 bridgehead atoms. The first kappa shape index (κ1) is 16.1. The van der Waals surface area contributed by atoms with Crippen molar-refractivity contribution in [3.05, 3.63) is 52.0 Å². The number of benzene rings is 2. The Labute approximate surface area is 144 Å². The molecular formula is C18H20BrNO3. The fourth-order valence-electron chi connectivity index (χ4n) is 2.52. The Morgan fingerprint density at radius 3 is 2.78 bits per heavy atom. The maximum Gasteiger partial charge on any atom is 0.175 e. The predicted molar refractivity (Wildman–Crippen MR) is 93.3 cm³/mol. The van der Waals surface area contributed by atoms with Crippen molar-refractivity contribution in [1.29, 1.82) is 0 Å². The first-order valence-electron chi connectivity index (χ1n) is 7.68. The molecule has 2 aromatic carbocycles. The Morgan fingerprint density at radius 2 is 1.91 bits per heavy atom. The number of hydrogen-bond acceptors (Lipinski definition) is 4. The zero-order valence-corrected chi connectivity index (χ0v) is 14.7. The summed E-state index contributed by atoms with van der Waals surface area (Å²) in [4.78, 5) is 0. The van der Waals surface area contributed by atoms with E-state index in [-0.39, 0.29) is 0 Å². The van der Waals surface area contributed by atoms with E-state index in [1.807, 2.05) is 24.3 Å². The van der Waals surface area contributed by atoms with E-state index in [9.17, 15) is 0 Å². The molecule has 4 nitrogen and oxygen atoms in total. The van der Waals surface area contributed by atoms with E-state index in [0.29, 0.717) is 13.2 Å². The fourth-order valence-corrected chi connectivity index (χ4v) is 3.12. The predicted octanol–water partition coefficient (Wildman–Crippen LogP) is 3.91. The van der Waals surface area contributed by atoms with Gasteiger partial charge in [0.25, 0.3) is 0 Å². The maximum atomic E-state index is 5.77. The number of rotatable bonds is 5.